The number of ether oxygens (including phenoxy) is 1. The van der Waals surface area contributed by atoms with Gasteiger partial charge in [0.15, 0.2) is 5.69 Å². The Labute approximate surface area is 214 Å². The molecular formula is C26H26Cl2N4O3. The number of nitrogens with one attached hydrogen (secondary N) is 1. The maximum Gasteiger partial charge on any atom is 0.278 e. The van der Waals surface area contributed by atoms with E-state index in [-0.39, 0.29) is 12.3 Å². The van der Waals surface area contributed by atoms with Gasteiger partial charge in [-0.2, -0.15) is 5.10 Å². The predicted molar refractivity (Wildman–Crippen MR) is 137 cm³/mol. The minimum Gasteiger partial charge on any atom is -0.488 e. The molecule has 0 saturated heterocycles. The third-order valence-electron chi connectivity index (χ3n) is 5.92. The molecule has 0 aliphatic heterocycles. The summed E-state index contributed by atoms with van der Waals surface area (Å²) in [5, 5.41) is 12.7. The number of aromatic nitrogens is 3. The summed E-state index contributed by atoms with van der Waals surface area (Å²) in [7, 11) is 0. The first-order chi connectivity index (χ1) is 16.7. The van der Waals surface area contributed by atoms with Crippen LogP contribution in [-0.4, -0.2) is 20.8 Å². The summed E-state index contributed by atoms with van der Waals surface area (Å²) < 4.78 is 13.2. The van der Waals surface area contributed by atoms with Crippen LogP contribution in [0.1, 0.15) is 49.9 Å². The average Bonchev–Trinajstić information content (AvgIpc) is 3.29. The van der Waals surface area contributed by atoms with Gasteiger partial charge in [-0.15, -0.1) is 0 Å². The molecule has 4 rings (SSSR count). The Morgan fingerprint density at radius 2 is 1.80 bits per heavy atom. The largest absolute Gasteiger partial charge is 0.488 e. The Kier molecular flexibility index (Phi) is 7.19. The molecule has 4 aromatic rings. The van der Waals surface area contributed by atoms with Gasteiger partial charge in [0.1, 0.15) is 18.1 Å². The third-order valence-corrected chi connectivity index (χ3v) is 6.51. The normalized spacial score (nSPS) is 11.1. The van der Waals surface area contributed by atoms with Gasteiger partial charge in [-0.1, -0.05) is 52.6 Å². The fraction of sp³-hybridized carbons (Fsp3) is 0.269. The fourth-order valence-electron chi connectivity index (χ4n) is 3.93. The van der Waals surface area contributed by atoms with Crippen LogP contribution in [0.4, 0.5) is 5.69 Å². The van der Waals surface area contributed by atoms with Crippen LogP contribution in [0.5, 0.6) is 5.75 Å². The fourth-order valence-corrected chi connectivity index (χ4v) is 4.39. The molecule has 2 aromatic heterocycles. The number of carbonyl (C=O) groups is 1. The molecule has 1 amide bonds. The Balaban J connectivity index is 1.54. The molecule has 0 aliphatic carbocycles. The lowest BCUT2D eigenvalue weighted by atomic mass is 10.1. The lowest BCUT2D eigenvalue weighted by Crippen LogP contribution is -2.16. The van der Waals surface area contributed by atoms with E-state index >= 15 is 0 Å². The first-order valence-electron chi connectivity index (χ1n) is 11.1. The monoisotopic (exact) mass is 512 g/mol. The molecule has 2 aromatic carbocycles. The topological polar surface area (TPSA) is 82.2 Å². The standard InChI is InChI=1S/C26H26Cl2N4O3/c1-14-7-6-8-15(2)25(14)34-13-21-18(5)35-31-24(21)26(33)29-23-16(3)30-32(17(23)4)12-19-9-10-20(27)11-22(19)28/h6-11H,12-13H2,1-5H3,(H,29,33). The zero-order valence-corrected chi connectivity index (χ0v) is 21.7. The van der Waals surface area contributed by atoms with Gasteiger partial charge < -0.3 is 14.6 Å². The molecule has 0 bridgehead atoms. The average molecular weight is 513 g/mol. The minimum absolute atomic E-state index is 0.163. The van der Waals surface area contributed by atoms with Crippen molar-refractivity contribution >= 4 is 34.8 Å². The first-order valence-corrected chi connectivity index (χ1v) is 11.8. The van der Waals surface area contributed by atoms with E-state index in [1.165, 1.54) is 0 Å². The second kappa shape index (κ2) is 10.1. The van der Waals surface area contributed by atoms with Gasteiger partial charge in [0, 0.05) is 10.0 Å². The number of nitrogens with zero attached hydrogens (tertiary/aromatic N) is 3. The van der Waals surface area contributed by atoms with Crippen molar-refractivity contribution in [3.8, 4) is 5.75 Å². The third kappa shape index (κ3) is 5.21. The van der Waals surface area contributed by atoms with Crippen molar-refractivity contribution in [3.05, 3.63) is 91.5 Å². The van der Waals surface area contributed by atoms with Crippen molar-refractivity contribution < 1.29 is 14.1 Å². The number of hydrogen-bond donors (Lipinski definition) is 1. The molecule has 0 radical (unpaired) electrons. The quantitative estimate of drug-likeness (QED) is 0.301. The van der Waals surface area contributed by atoms with Crippen LogP contribution < -0.4 is 10.1 Å². The first kappa shape index (κ1) is 24.8. The van der Waals surface area contributed by atoms with Gasteiger partial charge in [-0.25, -0.2) is 0 Å². The van der Waals surface area contributed by atoms with E-state index in [4.69, 9.17) is 32.5 Å². The van der Waals surface area contributed by atoms with Gasteiger partial charge in [-0.05, 0) is 63.4 Å². The van der Waals surface area contributed by atoms with E-state index in [0.717, 1.165) is 28.1 Å². The summed E-state index contributed by atoms with van der Waals surface area (Å²) in [6, 6.07) is 11.3. The van der Waals surface area contributed by atoms with Crippen molar-refractivity contribution in [1.82, 2.24) is 14.9 Å². The summed E-state index contributed by atoms with van der Waals surface area (Å²) in [6.45, 7) is 10.1. The number of halogens is 2. The van der Waals surface area contributed by atoms with E-state index < -0.39 is 5.91 Å². The maximum atomic E-state index is 13.2. The minimum atomic E-state index is -0.391. The van der Waals surface area contributed by atoms with Crippen LogP contribution in [-0.2, 0) is 13.2 Å². The van der Waals surface area contributed by atoms with Gasteiger partial charge in [0.2, 0.25) is 0 Å². The van der Waals surface area contributed by atoms with Gasteiger partial charge in [0.25, 0.3) is 5.91 Å². The van der Waals surface area contributed by atoms with Crippen molar-refractivity contribution in [1.29, 1.82) is 0 Å². The Morgan fingerprint density at radius 1 is 1.09 bits per heavy atom. The highest BCUT2D eigenvalue weighted by Crippen LogP contribution is 2.27. The highest BCUT2D eigenvalue weighted by Gasteiger charge is 2.23. The molecule has 35 heavy (non-hydrogen) atoms. The number of hydrogen-bond acceptors (Lipinski definition) is 5. The molecule has 1 N–H and O–H groups in total. The second-order valence-electron chi connectivity index (χ2n) is 8.47. The molecule has 182 valence electrons. The maximum absolute atomic E-state index is 13.2. The van der Waals surface area contributed by atoms with E-state index in [1.807, 2.05) is 52.0 Å². The molecule has 9 heteroatoms. The predicted octanol–water partition coefficient (Wildman–Crippen LogP) is 6.60. The summed E-state index contributed by atoms with van der Waals surface area (Å²) in [5.74, 6) is 0.924. The number of rotatable bonds is 7. The van der Waals surface area contributed by atoms with Crippen molar-refractivity contribution in [3.63, 3.8) is 0 Å². The molecule has 2 heterocycles. The number of benzene rings is 2. The molecular weight excluding hydrogens is 487 g/mol. The number of amides is 1. The van der Waals surface area contributed by atoms with Crippen LogP contribution in [0.15, 0.2) is 40.9 Å². The van der Waals surface area contributed by atoms with Crippen molar-refractivity contribution in [2.45, 2.75) is 47.8 Å². The molecule has 0 unspecified atom stereocenters. The summed E-state index contributed by atoms with van der Waals surface area (Å²) >= 11 is 12.3. The second-order valence-corrected chi connectivity index (χ2v) is 9.31. The highest BCUT2D eigenvalue weighted by atomic mass is 35.5. The number of para-hydroxylation sites is 1. The van der Waals surface area contributed by atoms with Gasteiger partial charge >= 0.3 is 0 Å². The van der Waals surface area contributed by atoms with E-state index in [9.17, 15) is 4.79 Å². The number of carbonyl (C=O) groups excluding carboxylic acids is 1. The molecule has 7 nitrogen and oxygen atoms in total. The summed E-state index contributed by atoms with van der Waals surface area (Å²) in [5.41, 5.74) is 5.76. The van der Waals surface area contributed by atoms with Gasteiger partial charge in [0.05, 0.1) is 29.2 Å². The van der Waals surface area contributed by atoms with E-state index in [2.05, 4.69) is 15.6 Å². The Bertz CT molecular complexity index is 1390. The van der Waals surface area contributed by atoms with Crippen LogP contribution in [0.3, 0.4) is 0 Å². The molecule has 0 saturated carbocycles. The van der Waals surface area contributed by atoms with Crippen LogP contribution >= 0.6 is 23.2 Å². The zero-order chi connectivity index (χ0) is 25.3. The van der Waals surface area contributed by atoms with E-state index in [0.29, 0.717) is 39.3 Å². The Morgan fingerprint density at radius 3 is 2.49 bits per heavy atom. The zero-order valence-electron chi connectivity index (χ0n) is 20.2. The molecule has 0 fully saturated rings. The van der Waals surface area contributed by atoms with E-state index in [1.54, 1.807) is 23.7 Å². The van der Waals surface area contributed by atoms with Gasteiger partial charge in [-0.3, -0.25) is 9.48 Å². The smallest absolute Gasteiger partial charge is 0.278 e. The molecule has 0 aliphatic rings. The lowest BCUT2D eigenvalue weighted by molar-refractivity contribution is 0.101. The molecule has 0 atom stereocenters. The summed E-state index contributed by atoms with van der Waals surface area (Å²) in [4.78, 5) is 13.2. The van der Waals surface area contributed by atoms with Crippen molar-refractivity contribution in [2.24, 2.45) is 0 Å². The van der Waals surface area contributed by atoms with Crippen molar-refractivity contribution in [2.75, 3.05) is 5.32 Å². The Hall–Kier alpha value is -3.29. The van der Waals surface area contributed by atoms with Crippen LogP contribution in [0, 0.1) is 34.6 Å². The lowest BCUT2D eigenvalue weighted by Gasteiger charge is -2.12. The summed E-state index contributed by atoms with van der Waals surface area (Å²) in [6.07, 6.45) is 0. The SMILES string of the molecule is Cc1cccc(C)c1OCc1c(C(=O)Nc2c(C)nn(Cc3ccc(Cl)cc3Cl)c2C)noc1C. The van der Waals surface area contributed by atoms with Crippen LogP contribution in [0.25, 0.3) is 0 Å². The van der Waals surface area contributed by atoms with Crippen LogP contribution in [0.2, 0.25) is 10.0 Å². The molecule has 0 spiro atoms. The number of aryl methyl sites for hydroxylation is 4. The highest BCUT2D eigenvalue weighted by molar-refractivity contribution is 6.35. The number of anilines is 1.